The first-order valence-corrected chi connectivity index (χ1v) is 7.59. The third kappa shape index (κ3) is 4.54. The molecule has 1 atom stereocenters. The van der Waals surface area contributed by atoms with Gasteiger partial charge in [0.2, 0.25) is 0 Å². The molecular weight excluding hydrogens is 264 g/mol. The van der Waals surface area contributed by atoms with Gasteiger partial charge in [-0.25, -0.2) is 4.98 Å². The van der Waals surface area contributed by atoms with Gasteiger partial charge in [0.25, 0.3) is 5.91 Å². The number of amides is 1. The van der Waals surface area contributed by atoms with Crippen molar-refractivity contribution in [2.75, 3.05) is 19.6 Å². The molecule has 1 aromatic rings. The molecule has 2 heterocycles. The third-order valence-corrected chi connectivity index (χ3v) is 3.97. The molecule has 1 aliphatic rings. The van der Waals surface area contributed by atoms with E-state index in [1.807, 2.05) is 6.07 Å². The van der Waals surface area contributed by atoms with Crippen molar-refractivity contribution in [2.24, 2.45) is 0 Å². The van der Waals surface area contributed by atoms with Crippen molar-refractivity contribution in [1.29, 1.82) is 5.26 Å². The van der Waals surface area contributed by atoms with E-state index in [0.29, 0.717) is 23.8 Å². The molecule has 1 aromatic heterocycles. The Bertz CT molecular complexity index is 506. The summed E-state index contributed by atoms with van der Waals surface area (Å²) in [6.07, 6.45) is 6.27. The van der Waals surface area contributed by atoms with Crippen LogP contribution in [-0.4, -0.2) is 41.5 Å². The highest BCUT2D eigenvalue weighted by atomic mass is 16.1. The van der Waals surface area contributed by atoms with Crippen molar-refractivity contribution < 1.29 is 4.79 Å². The SMILES string of the molecule is CC1CCCCN1CCCNC(=O)c1ccc(C#N)cn1. The van der Waals surface area contributed by atoms with Gasteiger partial charge >= 0.3 is 0 Å². The van der Waals surface area contributed by atoms with Crippen LogP contribution < -0.4 is 5.32 Å². The van der Waals surface area contributed by atoms with E-state index in [1.54, 1.807) is 12.1 Å². The fourth-order valence-electron chi connectivity index (χ4n) is 2.66. The second-order valence-corrected chi connectivity index (χ2v) is 5.53. The molecule has 5 nitrogen and oxygen atoms in total. The first-order chi connectivity index (χ1) is 10.2. The first-order valence-electron chi connectivity index (χ1n) is 7.59. The van der Waals surface area contributed by atoms with Crippen molar-refractivity contribution >= 4 is 5.91 Å². The van der Waals surface area contributed by atoms with Crippen molar-refractivity contribution in [3.63, 3.8) is 0 Å². The Kier molecular flexibility index (Phi) is 5.70. The number of hydrogen-bond donors (Lipinski definition) is 1. The van der Waals surface area contributed by atoms with E-state index < -0.39 is 0 Å². The summed E-state index contributed by atoms with van der Waals surface area (Å²) in [5, 5.41) is 11.6. The Morgan fingerprint density at radius 1 is 1.52 bits per heavy atom. The van der Waals surface area contributed by atoms with Crippen LogP contribution >= 0.6 is 0 Å². The van der Waals surface area contributed by atoms with Crippen LogP contribution in [0.3, 0.4) is 0 Å². The molecule has 0 spiro atoms. The summed E-state index contributed by atoms with van der Waals surface area (Å²) in [6.45, 7) is 5.14. The van der Waals surface area contributed by atoms with Crippen molar-refractivity contribution in [2.45, 2.75) is 38.6 Å². The quantitative estimate of drug-likeness (QED) is 0.840. The highest BCUT2D eigenvalue weighted by molar-refractivity contribution is 5.92. The minimum absolute atomic E-state index is 0.175. The number of piperidine rings is 1. The minimum Gasteiger partial charge on any atom is -0.351 e. The molecule has 0 bridgehead atoms. The van der Waals surface area contributed by atoms with Gasteiger partial charge in [0.1, 0.15) is 11.8 Å². The van der Waals surface area contributed by atoms with Crippen LogP contribution in [0.4, 0.5) is 0 Å². The predicted octanol–water partition coefficient (Wildman–Crippen LogP) is 1.95. The molecule has 2 rings (SSSR count). The summed E-state index contributed by atoms with van der Waals surface area (Å²) in [4.78, 5) is 18.4. The number of likely N-dealkylation sites (tertiary alicyclic amines) is 1. The van der Waals surface area contributed by atoms with Gasteiger partial charge in [-0.05, 0) is 44.9 Å². The van der Waals surface area contributed by atoms with Crippen LogP contribution in [-0.2, 0) is 0 Å². The Morgan fingerprint density at radius 2 is 2.38 bits per heavy atom. The summed E-state index contributed by atoms with van der Waals surface area (Å²) in [6, 6.07) is 5.84. The van der Waals surface area contributed by atoms with Crippen molar-refractivity contribution in [3.8, 4) is 6.07 Å². The summed E-state index contributed by atoms with van der Waals surface area (Å²) < 4.78 is 0. The van der Waals surface area contributed by atoms with Crippen molar-refractivity contribution in [3.05, 3.63) is 29.6 Å². The fraction of sp³-hybridized carbons (Fsp3) is 0.562. The number of nitrogens with zero attached hydrogens (tertiary/aromatic N) is 3. The Balaban J connectivity index is 1.70. The highest BCUT2D eigenvalue weighted by Crippen LogP contribution is 2.16. The minimum atomic E-state index is -0.175. The lowest BCUT2D eigenvalue weighted by molar-refractivity contribution is 0.0944. The van der Waals surface area contributed by atoms with Crippen LogP contribution in [0.5, 0.6) is 0 Å². The molecular formula is C16H22N4O. The van der Waals surface area contributed by atoms with E-state index in [0.717, 1.165) is 13.0 Å². The summed E-state index contributed by atoms with van der Waals surface area (Å²) >= 11 is 0. The van der Waals surface area contributed by atoms with Gasteiger partial charge < -0.3 is 10.2 Å². The van der Waals surface area contributed by atoms with E-state index in [2.05, 4.69) is 22.1 Å². The third-order valence-electron chi connectivity index (χ3n) is 3.97. The maximum atomic E-state index is 11.9. The molecule has 1 N–H and O–H groups in total. The monoisotopic (exact) mass is 286 g/mol. The molecule has 0 saturated carbocycles. The number of nitriles is 1. The molecule has 1 saturated heterocycles. The molecule has 21 heavy (non-hydrogen) atoms. The lowest BCUT2D eigenvalue weighted by Crippen LogP contribution is -2.39. The van der Waals surface area contributed by atoms with Gasteiger partial charge in [-0.1, -0.05) is 6.42 Å². The summed E-state index contributed by atoms with van der Waals surface area (Å²) in [5.41, 5.74) is 0.825. The van der Waals surface area contributed by atoms with Gasteiger partial charge in [-0.15, -0.1) is 0 Å². The smallest absolute Gasteiger partial charge is 0.269 e. The largest absolute Gasteiger partial charge is 0.351 e. The Morgan fingerprint density at radius 3 is 3.05 bits per heavy atom. The van der Waals surface area contributed by atoms with Crippen LogP contribution in [0.25, 0.3) is 0 Å². The number of aromatic nitrogens is 1. The maximum absolute atomic E-state index is 11.9. The number of nitrogens with one attached hydrogen (secondary N) is 1. The molecule has 1 unspecified atom stereocenters. The van der Waals surface area contributed by atoms with E-state index in [4.69, 9.17) is 5.26 Å². The fourth-order valence-corrected chi connectivity index (χ4v) is 2.66. The summed E-state index contributed by atoms with van der Waals surface area (Å²) in [7, 11) is 0. The molecule has 112 valence electrons. The van der Waals surface area contributed by atoms with E-state index >= 15 is 0 Å². The molecule has 5 heteroatoms. The lowest BCUT2D eigenvalue weighted by atomic mass is 10.0. The lowest BCUT2D eigenvalue weighted by Gasteiger charge is -2.33. The molecule has 0 aromatic carbocycles. The zero-order valence-electron chi connectivity index (χ0n) is 12.5. The van der Waals surface area contributed by atoms with Gasteiger partial charge in [0.15, 0.2) is 0 Å². The zero-order valence-corrected chi connectivity index (χ0v) is 12.5. The van der Waals surface area contributed by atoms with Crippen molar-refractivity contribution in [1.82, 2.24) is 15.2 Å². The van der Waals surface area contributed by atoms with Gasteiger partial charge in [0, 0.05) is 25.3 Å². The molecule has 1 fully saturated rings. The van der Waals surface area contributed by atoms with Gasteiger partial charge in [-0.2, -0.15) is 5.26 Å². The Hall–Kier alpha value is -1.93. The average molecular weight is 286 g/mol. The predicted molar refractivity (Wildman–Crippen MR) is 80.8 cm³/mol. The first kappa shape index (κ1) is 15.5. The Labute approximate surface area is 126 Å². The molecule has 1 aliphatic heterocycles. The van der Waals surface area contributed by atoms with Crippen LogP contribution in [0.2, 0.25) is 0 Å². The number of carbonyl (C=O) groups excluding carboxylic acids is 1. The number of hydrogen-bond acceptors (Lipinski definition) is 4. The molecule has 0 aliphatic carbocycles. The number of pyridine rings is 1. The zero-order chi connectivity index (χ0) is 15.1. The molecule has 1 amide bonds. The normalized spacial score (nSPS) is 19.0. The van der Waals surface area contributed by atoms with E-state index in [1.165, 1.54) is 32.0 Å². The topological polar surface area (TPSA) is 69.0 Å². The van der Waals surface area contributed by atoms with Gasteiger partial charge in [-0.3, -0.25) is 4.79 Å². The maximum Gasteiger partial charge on any atom is 0.269 e. The summed E-state index contributed by atoms with van der Waals surface area (Å²) in [5.74, 6) is -0.175. The number of carbonyl (C=O) groups is 1. The highest BCUT2D eigenvalue weighted by Gasteiger charge is 2.17. The number of rotatable bonds is 5. The van der Waals surface area contributed by atoms with Crippen LogP contribution in [0.15, 0.2) is 18.3 Å². The van der Waals surface area contributed by atoms with Crippen LogP contribution in [0.1, 0.15) is 48.7 Å². The van der Waals surface area contributed by atoms with Crippen LogP contribution in [0, 0.1) is 11.3 Å². The molecule has 0 radical (unpaired) electrons. The average Bonchev–Trinajstić information content (AvgIpc) is 2.53. The standard InChI is InChI=1S/C16H22N4O/c1-13-5-2-3-9-20(13)10-4-8-18-16(21)15-7-6-14(11-17)12-19-15/h6-7,12-13H,2-5,8-10H2,1H3,(H,18,21). The van der Waals surface area contributed by atoms with Gasteiger partial charge in [0.05, 0.1) is 5.56 Å². The van der Waals surface area contributed by atoms with E-state index in [-0.39, 0.29) is 5.91 Å². The van der Waals surface area contributed by atoms with E-state index in [9.17, 15) is 4.79 Å². The second-order valence-electron chi connectivity index (χ2n) is 5.53. The second kappa shape index (κ2) is 7.75.